The molecule has 0 aliphatic heterocycles. The molecule has 0 saturated carbocycles. The molecule has 2 aromatic rings. The van der Waals surface area contributed by atoms with Crippen LogP contribution in [0.4, 0.5) is 0 Å². The normalized spacial score (nSPS) is 14.3. The third-order valence-electron chi connectivity index (χ3n) is 3.53. The van der Waals surface area contributed by atoms with Crippen LogP contribution >= 0.6 is 11.3 Å². The molecule has 0 saturated heterocycles. The number of benzene rings is 1. The zero-order valence-corrected chi connectivity index (χ0v) is 11.7. The lowest BCUT2D eigenvalue weighted by Gasteiger charge is -2.23. The average molecular weight is 259 g/mol. The van der Waals surface area contributed by atoms with Crippen LogP contribution in [-0.4, -0.2) is 6.04 Å². The first kappa shape index (κ1) is 13.3. The first-order valence-corrected chi connectivity index (χ1v) is 7.57. The largest absolute Gasteiger partial charge is 0.327 e. The number of nitrogens with two attached hydrogens (primary N) is 1. The van der Waals surface area contributed by atoms with Crippen molar-refractivity contribution in [2.45, 2.75) is 38.1 Å². The number of hydrogen-bond acceptors (Lipinski definition) is 2. The van der Waals surface area contributed by atoms with Crippen molar-refractivity contribution >= 4 is 11.3 Å². The Morgan fingerprint density at radius 2 is 1.94 bits per heavy atom. The maximum Gasteiger partial charge on any atom is 0.0111 e. The van der Waals surface area contributed by atoms with Crippen LogP contribution in [0, 0.1) is 0 Å². The van der Waals surface area contributed by atoms with E-state index in [-0.39, 0.29) is 6.04 Å². The number of hydrogen-bond donors (Lipinski definition) is 1. The van der Waals surface area contributed by atoms with Crippen molar-refractivity contribution in [3.63, 3.8) is 0 Å². The van der Waals surface area contributed by atoms with E-state index in [1.807, 2.05) is 0 Å². The van der Waals surface area contributed by atoms with Crippen LogP contribution in [0.15, 0.2) is 47.2 Å². The highest BCUT2D eigenvalue weighted by Crippen LogP contribution is 2.24. The van der Waals surface area contributed by atoms with Crippen molar-refractivity contribution in [2.75, 3.05) is 0 Å². The van der Waals surface area contributed by atoms with E-state index >= 15 is 0 Å². The molecule has 0 amide bonds. The van der Waals surface area contributed by atoms with Gasteiger partial charge in [0, 0.05) is 6.04 Å². The molecule has 1 aromatic carbocycles. The molecular formula is C16H21NS. The van der Waals surface area contributed by atoms with Crippen LogP contribution in [0.3, 0.4) is 0 Å². The SMILES string of the molecule is CCC(c1ccccc1)C(N)CCc1ccsc1. The lowest BCUT2D eigenvalue weighted by molar-refractivity contribution is 0.488. The Balaban J connectivity index is 1.95. The Kier molecular flexibility index (Phi) is 4.97. The monoisotopic (exact) mass is 259 g/mol. The standard InChI is InChI=1S/C16H21NS/c1-2-15(14-6-4-3-5-7-14)16(17)9-8-13-10-11-18-12-13/h3-7,10-12,15-16H,2,8-9,17H2,1H3. The lowest BCUT2D eigenvalue weighted by atomic mass is 9.87. The molecule has 2 N–H and O–H groups in total. The number of aryl methyl sites for hydroxylation is 1. The Bertz CT molecular complexity index is 435. The second-order valence-electron chi connectivity index (χ2n) is 4.76. The van der Waals surface area contributed by atoms with Crippen molar-refractivity contribution < 1.29 is 0 Å². The fourth-order valence-electron chi connectivity index (χ4n) is 2.46. The third-order valence-corrected chi connectivity index (χ3v) is 4.26. The van der Waals surface area contributed by atoms with Gasteiger partial charge in [0.1, 0.15) is 0 Å². The maximum absolute atomic E-state index is 6.38. The van der Waals surface area contributed by atoms with Crippen LogP contribution in [0.5, 0.6) is 0 Å². The first-order chi connectivity index (χ1) is 8.81. The zero-order valence-electron chi connectivity index (χ0n) is 10.9. The molecule has 0 bridgehead atoms. The molecule has 96 valence electrons. The van der Waals surface area contributed by atoms with Crippen molar-refractivity contribution in [2.24, 2.45) is 5.73 Å². The molecule has 0 aliphatic carbocycles. The topological polar surface area (TPSA) is 26.0 Å². The molecule has 2 rings (SSSR count). The van der Waals surface area contributed by atoms with E-state index in [0.717, 1.165) is 19.3 Å². The summed E-state index contributed by atoms with van der Waals surface area (Å²) in [7, 11) is 0. The van der Waals surface area contributed by atoms with Gasteiger partial charge in [-0.05, 0) is 53.1 Å². The van der Waals surface area contributed by atoms with Gasteiger partial charge in [0.25, 0.3) is 0 Å². The van der Waals surface area contributed by atoms with Gasteiger partial charge in [-0.3, -0.25) is 0 Å². The van der Waals surface area contributed by atoms with Crippen molar-refractivity contribution in [3.8, 4) is 0 Å². The molecule has 2 unspecified atom stereocenters. The Labute approximate surface area is 114 Å². The molecule has 2 atom stereocenters. The summed E-state index contributed by atoms with van der Waals surface area (Å²) in [6.45, 7) is 2.22. The quantitative estimate of drug-likeness (QED) is 0.826. The minimum absolute atomic E-state index is 0.247. The van der Waals surface area contributed by atoms with Crippen LogP contribution in [0.25, 0.3) is 0 Å². The zero-order chi connectivity index (χ0) is 12.8. The van der Waals surface area contributed by atoms with Crippen molar-refractivity contribution in [1.29, 1.82) is 0 Å². The summed E-state index contributed by atoms with van der Waals surface area (Å²) in [6.07, 6.45) is 3.26. The second kappa shape index (κ2) is 6.72. The van der Waals surface area contributed by atoms with Crippen LogP contribution in [-0.2, 0) is 6.42 Å². The van der Waals surface area contributed by atoms with E-state index in [9.17, 15) is 0 Å². The summed E-state index contributed by atoms with van der Waals surface area (Å²) in [5, 5.41) is 4.35. The minimum Gasteiger partial charge on any atom is -0.327 e. The summed E-state index contributed by atoms with van der Waals surface area (Å²) in [5.74, 6) is 0.477. The highest BCUT2D eigenvalue weighted by molar-refractivity contribution is 7.07. The summed E-state index contributed by atoms with van der Waals surface area (Å²) < 4.78 is 0. The molecule has 1 aromatic heterocycles. The first-order valence-electron chi connectivity index (χ1n) is 6.63. The smallest absolute Gasteiger partial charge is 0.0111 e. The number of thiophene rings is 1. The van der Waals surface area contributed by atoms with Crippen molar-refractivity contribution in [3.05, 3.63) is 58.3 Å². The Morgan fingerprint density at radius 3 is 2.56 bits per heavy atom. The Hall–Kier alpha value is -1.12. The molecule has 0 radical (unpaired) electrons. The minimum atomic E-state index is 0.247. The van der Waals surface area contributed by atoms with Crippen LogP contribution in [0.1, 0.15) is 36.8 Å². The van der Waals surface area contributed by atoms with Gasteiger partial charge in [0.2, 0.25) is 0 Å². The summed E-state index contributed by atoms with van der Waals surface area (Å²) in [4.78, 5) is 0. The van der Waals surface area contributed by atoms with Gasteiger partial charge in [-0.1, -0.05) is 37.3 Å². The molecule has 0 spiro atoms. The molecule has 18 heavy (non-hydrogen) atoms. The third kappa shape index (κ3) is 3.44. The molecule has 0 fully saturated rings. The van der Waals surface area contributed by atoms with E-state index in [0.29, 0.717) is 5.92 Å². The highest BCUT2D eigenvalue weighted by atomic mass is 32.1. The van der Waals surface area contributed by atoms with Gasteiger partial charge in [0.05, 0.1) is 0 Å². The molecule has 1 nitrogen and oxygen atoms in total. The van der Waals surface area contributed by atoms with Crippen LogP contribution < -0.4 is 5.73 Å². The van der Waals surface area contributed by atoms with E-state index in [4.69, 9.17) is 5.73 Å². The van der Waals surface area contributed by atoms with Gasteiger partial charge < -0.3 is 5.73 Å². The predicted molar refractivity (Wildman–Crippen MR) is 80.1 cm³/mol. The van der Waals surface area contributed by atoms with Gasteiger partial charge >= 0.3 is 0 Å². The summed E-state index contributed by atoms with van der Waals surface area (Å²) >= 11 is 1.76. The number of rotatable bonds is 6. The molecule has 2 heteroatoms. The van der Waals surface area contributed by atoms with Crippen LogP contribution in [0.2, 0.25) is 0 Å². The fraction of sp³-hybridized carbons (Fsp3) is 0.375. The predicted octanol–water partition coefficient (Wildman–Crippen LogP) is 4.20. The fourth-order valence-corrected chi connectivity index (χ4v) is 3.16. The van der Waals surface area contributed by atoms with Gasteiger partial charge in [-0.2, -0.15) is 11.3 Å². The molecular weight excluding hydrogens is 238 g/mol. The highest BCUT2D eigenvalue weighted by Gasteiger charge is 2.17. The molecule has 0 aliphatic rings. The molecule has 1 heterocycles. The van der Waals surface area contributed by atoms with E-state index < -0.39 is 0 Å². The van der Waals surface area contributed by atoms with E-state index in [1.54, 1.807) is 11.3 Å². The van der Waals surface area contributed by atoms with Crippen molar-refractivity contribution in [1.82, 2.24) is 0 Å². The van der Waals surface area contributed by atoms with Gasteiger partial charge in [-0.15, -0.1) is 0 Å². The average Bonchev–Trinajstić information content (AvgIpc) is 2.92. The Morgan fingerprint density at radius 1 is 1.17 bits per heavy atom. The maximum atomic E-state index is 6.38. The second-order valence-corrected chi connectivity index (χ2v) is 5.54. The van der Waals surface area contributed by atoms with E-state index in [1.165, 1.54) is 11.1 Å². The van der Waals surface area contributed by atoms with E-state index in [2.05, 4.69) is 54.1 Å². The van der Waals surface area contributed by atoms with Gasteiger partial charge in [0.15, 0.2) is 0 Å². The summed E-state index contributed by atoms with van der Waals surface area (Å²) in [5.41, 5.74) is 9.17. The lowest BCUT2D eigenvalue weighted by Crippen LogP contribution is -2.28. The van der Waals surface area contributed by atoms with Gasteiger partial charge in [-0.25, -0.2) is 0 Å². The summed E-state index contributed by atoms with van der Waals surface area (Å²) in [6, 6.07) is 13.1.